The van der Waals surface area contributed by atoms with Gasteiger partial charge in [-0.2, -0.15) is 0 Å². The number of halogens is 2. The fourth-order valence-electron chi connectivity index (χ4n) is 3.24. The number of carbonyl (C=O) groups is 1. The number of aryl methyl sites for hydroxylation is 2. The van der Waals surface area contributed by atoms with Gasteiger partial charge in [-0.1, -0.05) is 29.3 Å². The summed E-state index contributed by atoms with van der Waals surface area (Å²) in [6.07, 6.45) is -0.103. The molecule has 0 unspecified atom stereocenters. The van der Waals surface area contributed by atoms with Crippen LogP contribution in [0.4, 0.5) is 5.13 Å². The van der Waals surface area contributed by atoms with Crippen molar-refractivity contribution in [2.45, 2.75) is 13.3 Å². The topological polar surface area (TPSA) is 99.1 Å². The van der Waals surface area contributed by atoms with Gasteiger partial charge in [-0.3, -0.25) is 18.7 Å². The molecule has 1 amide bonds. The first-order valence-corrected chi connectivity index (χ1v) is 10.7. The number of rotatable bonds is 4. The fourth-order valence-corrected chi connectivity index (χ4v) is 4.28. The van der Waals surface area contributed by atoms with Crippen LogP contribution in [-0.2, 0) is 25.3 Å². The van der Waals surface area contributed by atoms with Gasteiger partial charge in [-0.05, 0) is 19.1 Å². The second-order valence-electron chi connectivity index (χ2n) is 6.91. The van der Waals surface area contributed by atoms with E-state index in [0.717, 1.165) is 10.1 Å². The molecule has 4 rings (SSSR count). The number of anilines is 1. The van der Waals surface area contributed by atoms with Crippen LogP contribution >= 0.6 is 34.5 Å². The minimum Gasteiger partial charge on any atom is -0.444 e. The zero-order valence-electron chi connectivity index (χ0n) is 16.7. The van der Waals surface area contributed by atoms with Crippen molar-refractivity contribution in [2.75, 3.05) is 5.32 Å². The standard InChI is InChI=1S/C20H16Cl2N4O4S/c1-9-11(16-17(28)25(2)20(29)26(3)18(16)30-9)7-15(27)24-19-23-14(8-31-19)10-4-5-12(21)13(22)6-10/h4-6,8H,7H2,1-3H3,(H,23,24,27). The van der Waals surface area contributed by atoms with Gasteiger partial charge in [0.15, 0.2) is 5.13 Å². The Hall–Kier alpha value is -2.88. The lowest BCUT2D eigenvalue weighted by Crippen LogP contribution is -2.36. The lowest BCUT2D eigenvalue weighted by atomic mass is 10.1. The highest BCUT2D eigenvalue weighted by atomic mass is 35.5. The van der Waals surface area contributed by atoms with Crippen molar-refractivity contribution in [3.8, 4) is 11.3 Å². The van der Waals surface area contributed by atoms with Crippen molar-refractivity contribution in [1.82, 2.24) is 14.1 Å². The predicted octanol–water partition coefficient (Wildman–Crippen LogP) is 3.75. The van der Waals surface area contributed by atoms with E-state index in [0.29, 0.717) is 32.2 Å². The van der Waals surface area contributed by atoms with Gasteiger partial charge in [0.05, 0.1) is 22.2 Å². The van der Waals surface area contributed by atoms with Gasteiger partial charge in [0.1, 0.15) is 11.1 Å². The molecule has 160 valence electrons. The van der Waals surface area contributed by atoms with Gasteiger partial charge >= 0.3 is 5.69 Å². The molecule has 8 nitrogen and oxygen atoms in total. The molecular formula is C20H16Cl2N4O4S. The highest BCUT2D eigenvalue weighted by Gasteiger charge is 2.22. The minimum atomic E-state index is -0.506. The normalized spacial score (nSPS) is 11.3. The second kappa shape index (κ2) is 7.99. The lowest BCUT2D eigenvalue weighted by Gasteiger charge is -2.04. The molecule has 0 saturated carbocycles. The van der Waals surface area contributed by atoms with E-state index in [4.69, 9.17) is 27.6 Å². The van der Waals surface area contributed by atoms with Crippen molar-refractivity contribution >= 4 is 56.7 Å². The third-order valence-electron chi connectivity index (χ3n) is 4.89. The summed E-state index contributed by atoms with van der Waals surface area (Å²) >= 11 is 13.3. The fraction of sp³-hybridized carbons (Fsp3) is 0.200. The van der Waals surface area contributed by atoms with Crippen molar-refractivity contribution < 1.29 is 9.21 Å². The zero-order chi connectivity index (χ0) is 22.4. The minimum absolute atomic E-state index is 0.103. The molecule has 3 aromatic heterocycles. The number of nitrogens with one attached hydrogen (secondary N) is 1. The number of furan rings is 1. The predicted molar refractivity (Wildman–Crippen MR) is 121 cm³/mol. The Labute approximate surface area is 189 Å². The smallest absolute Gasteiger partial charge is 0.333 e. The number of nitrogens with zero attached hydrogens (tertiary/aromatic N) is 3. The Kier molecular flexibility index (Phi) is 5.50. The van der Waals surface area contributed by atoms with Crippen LogP contribution < -0.4 is 16.6 Å². The summed E-state index contributed by atoms with van der Waals surface area (Å²) in [6, 6.07) is 5.17. The van der Waals surface area contributed by atoms with Crippen LogP contribution in [0.1, 0.15) is 11.3 Å². The van der Waals surface area contributed by atoms with E-state index >= 15 is 0 Å². The Balaban J connectivity index is 1.60. The van der Waals surface area contributed by atoms with Crippen molar-refractivity contribution in [2.24, 2.45) is 14.1 Å². The SMILES string of the molecule is Cc1oc2c(c1CC(=O)Nc1nc(-c3ccc(Cl)c(Cl)c3)cs1)c(=O)n(C)c(=O)n2C. The van der Waals surface area contributed by atoms with E-state index in [-0.39, 0.29) is 23.4 Å². The van der Waals surface area contributed by atoms with Crippen LogP contribution in [-0.4, -0.2) is 20.0 Å². The first-order valence-electron chi connectivity index (χ1n) is 9.06. The molecule has 0 saturated heterocycles. The van der Waals surface area contributed by atoms with E-state index in [1.165, 1.54) is 30.0 Å². The Morgan fingerprint density at radius 2 is 1.94 bits per heavy atom. The van der Waals surface area contributed by atoms with Crippen LogP contribution in [0.5, 0.6) is 0 Å². The molecule has 1 N–H and O–H groups in total. The summed E-state index contributed by atoms with van der Waals surface area (Å²) in [5.74, 6) is 0.0378. The summed E-state index contributed by atoms with van der Waals surface area (Å²) in [4.78, 5) is 41.8. The number of hydrogen-bond donors (Lipinski definition) is 1. The maximum Gasteiger partial charge on any atom is 0.333 e. The molecule has 11 heteroatoms. The second-order valence-corrected chi connectivity index (χ2v) is 8.59. The monoisotopic (exact) mass is 478 g/mol. The van der Waals surface area contributed by atoms with Crippen LogP contribution in [0.15, 0.2) is 37.6 Å². The average Bonchev–Trinajstić information content (AvgIpc) is 3.32. The first-order chi connectivity index (χ1) is 14.7. The number of amides is 1. The quantitative estimate of drug-likeness (QED) is 0.481. The molecule has 1 aromatic carbocycles. The van der Waals surface area contributed by atoms with E-state index < -0.39 is 11.2 Å². The van der Waals surface area contributed by atoms with Crippen molar-refractivity contribution in [3.63, 3.8) is 0 Å². The molecule has 0 spiro atoms. The summed E-state index contributed by atoms with van der Waals surface area (Å²) in [5, 5.41) is 6.00. The van der Waals surface area contributed by atoms with Gasteiger partial charge in [0.25, 0.3) is 5.56 Å². The number of carbonyl (C=O) groups excluding carboxylic acids is 1. The maximum absolute atomic E-state index is 12.7. The third-order valence-corrected chi connectivity index (χ3v) is 6.39. The van der Waals surface area contributed by atoms with E-state index in [2.05, 4.69) is 10.3 Å². The molecule has 0 radical (unpaired) electrons. The molecule has 0 aliphatic rings. The van der Waals surface area contributed by atoms with E-state index in [9.17, 15) is 14.4 Å². The van der Waals surface area contributed by atoms with Crippen LogP contribution in [0.2, 0.25) is 10.0 Å². The zero-order valence-corrected chi connectivity index (χ0v) is 19.0. The molecule has 0 fully saturated rings. The number of benzene rings is 1. The Morgan fingerprint density at radius 3 is 2.65 bits per heavy atom. The van der Waals surface area contributed by atoms with Crippen LogP contribution in [0.3, 0.4) is 0 Å². The summed E-state index contributed by atoms with van der Waals surface area (Å²) in [7, 11) is 2.90. The van der Waals surface area contributed by atoms with Gasteiger partial charge < -0.3 is 9.73 Å². The Morgan fingerprint density at radius 1 is 1.19 bits per heavy atom. The molecular weight excluding hydrogens is 463 g/mol. The average molecular weight is 479 g/mol. The summed E-state index contributed by atoms with van der Waals surface area (Å²) in [5.41, 5.74) is 0.989. The van der Waals surface area contributed by atoms with Crippen molar-refractivity contribution in [3.05, 3.63) is 65.8 Å². The molecule has 4 aromatic rings. The van der Waals surface area contributed by atoms with Crippen molar-refractivity contribution in [1.29, 1.82) is 0 Å². The molecule has 3 heterocycles. The molecule has 31 heavy (non-hydrogen) atoms. The number of aromatic nitrogens is 3. The number of thiazole rings is 1. The Bertz CT molecular complexity index is 1460. The molecule has 0 atom stereocenters. The molecule has 0 bridgehead atoms. The van der Waals surface area contributed by atoms with Gasteiger partial charge in [-0.15, -0.1) is 11.3 Å². The highest BCUT2D eigenvalue weighted by molar-refractivity contribution is 7.14. The first kappa shape index (κ1) is 21.4. The summed E-state index contributed by atoms with van der Waals surface area (Å²) in [6.45, 7) is 1.65. The van der Waals surface area contributed by atoms with Crippen LogP contribution in [0, 0.1) is 6.92 Å². The number of fused-ring (bicyclic) bond motifs is 1. The molecule has 0 aliphatic heterocycles. The third kappa shape index (κ3) is 3.80. The van der Waals surface area contributed by atoms with E-state index in [1.807, 2.05) is 0 Å². The largest absolute Gasteiger partial charge is 0.444 e. The lowest BCUT2D eigenvalue weighted by molar-refractivity contribution is -0.115. The highest BCUT2D eigenvalue weighted by Crippen LogP contribution is 2.30. The maximum atomic E-state index is 12.7. The molecule has 0 aliphatic carbocycles. The van der Waals surface area contributed by atoms with Gasteiger partial charge in [0, 0.05) is 30.6 Å². The van der Waals surface area contributed by atoms with Gasteiger partial charge in [0.2, 0.25) is 11.6 Å². The van der Waals surface area contributed by atoms with Crippen LogP contribution in [0.25, 0.3) is 22.4 Å². The van der Waals surface area contributed by atoms with E-state index in [1.54, 1.807) is 30.5 Å². The van der Waals surface area contributed by atoms with Gasteiger partial charge in [-0.25, -0.2) is 9.78 Å². The summed E-state index contributed by atoms with van der Waals surface area (Å²) < 4.78 is 7.85. The number of hydrogen-bond acceptors (Lipinski definition) is 6.